The predicted octanol–water partition coefficient (Wildman–Crippen LogP) is -4.27. The number of primary amides is 1. The zero-order valence-electron chi connectivity index (χ0n) is 23.1. The molecule has 0 spiro atoms. The summed E-state index contributed by atoms with van der Waals surface area (Å²) in [5.74, 6) is -4.72. The standard InChI is InChI=1S/C24H43N7O9/c1-12(2)7-14(28-21(36)15(8-18(25)34)29-23(38)20(26)13(3)33)9-27-10-19(35)31-6-4-5-17(31)22(37)30-16(11-32)24(39)40/h12-17,20,27,32-33H,4-11,26H2,1-3H3,(H2,25,34)(H,28,36)(H,29,38)(H,30,37)(H,39,40)/t13-,14+,15+,16+,17+,20+/m1/s1. The second-order valence-corrected chi connectivity index (χ2v) is 10.3. The van der Waals surface area contributed by atoms with E-state index in [9.17, 15) is 33.9 Å². The first-order chi connectivity index (χ1) is 18.7. The van der Waals surface area contributed by atoms with Gasteiger partial charge in [-0.05, 0) is 32.1 Å². The maximum atomic E-state index is 12.9. The summed E-state index contributed by atoms with van der Waals surface area (Å²) in [6.45, 7) is 4.60. The summed E-state index contributed by atoms with van der Waals surface area (Å²) in [5, 5.41) is 38.0. The van der Waals surface area contributed by atoms with E-state index in [1.807, 2.05) is 13.8 Å². The third-order valence-electron chi connectivity index (χ3n) is 6.30. The molecule has 0 saturated carbocycles. The van der Waals surface area contributed by atoms with E-state index in [1.54, 1.807) is 0 Å². The number of aliphatic hydroxyl groups is 2. The second kappa shape index (κ2) is 16.7. The lowest BCUT2D eigenvalue weighted by atomic mass is 10.0. The molecule has 228 valence electrons. The van der Waals surface area contributed by atoms with E-state index in [1.165, 1.54) is 11.8 Å². The van der Waals surface area contributed by atoms with Crippen molar-refractivity contribution in [2.75, 3.05) is 26.2 Å². The Hall–Kier alpha value is -3.34. The van der Waals surface area contributed by atoms with Crippen molar-refractivity contribution >= 4 is 35.5 Å². The van der Waals surface area contributed by atoms with Gasteiger partial charge in [0, 0.05) is 19.1 Å². The van der Waals surface area contributed by atoms with E-state index in [4.69, 9.17) is 21.7 Å². The van der Waals surface area contributed by atoms with Crippen molar-refractivity contribution in [2.45, 2.75) is 82.8 Å². The van der Waals surface area contributed by atoms with Crippen LogP contribution in [-0.2, 0) is 28.8 Å². The van der Waals surface area contributed by atoms with E-state index >= 15 is 0 Å². The van der Waals surface area contributed by atoms with Crippen molar-refractivity contribution in [3.05, 3.63) is 0 Å². The molecule has 0 radical (unpaired) electrons. The number of hydrogen-bond donors (Lipinski definition) is 9. The number of likely N-dealkylation sites (tertiary alicyclic amines) is 1. The maximum Gasteiger partial charge on any atom is 0.328 e. The average Bonchev–Trinajstić information content (AvgIpc) is 3.35. The van der Waals surface area contributed by atoms with E-state index < -0.39 is 84.8 Å². The molecule has 16 nitrogen and oxygen atoms in total. The summed E-state index contributed by atoms with van der Waals surface area (Å²) in [7, 11) is 0. The van der Waals surface area contributed by atoms with Crippen molar-refractivity contribution in [1.82, 2.24) is 26.2 Å². The quantitative estimate of drug-likeness (QED) is 0.0803. The smallest absolute Gasteiger partial charge is 0.328 e. The minimum Gasteiger partial charge on any atom is -0.480 e. The number of nitrogens with one attached hydrogen (secondary N) is 4. The third kappa shape index (κ3) is 11.4. The molecule has 0 aromatic carbocycles. The fourth-order valence-electron chi connectivity index (χ4n) is 4.21. The highest BCUT2D eigenvalue weighted by Crippen LogP contribution is 2.17. The molecule has 1 aliphatic rings. The van der Waals surface area contributed by atoms with Crippen molar-refractivity contribution in [1.29, 1.82) is 0 Å². The van der Waals surface area contributed by atoms with Gasteiger partial charge in [-0.25, -0.2) is 4.79 Å². The van der Waals surface area contributed by atoms with Crippen LogP contribution in [0.4, 0.5) is 0 Å². The molecule has 0 aliphatic carbocycles. The van der Waals surface area contributed by atoms with Gasteiger partial charge in [0.25, 0.3) is 0 Å². The molecule has 6 atom stereocenters. The number of amides is 5. The summed E-state index contributed by atoms with van der Waals surface area (Å²) in [5.41, 5.74) is 10.8. The van der Waals surface area contributed by atoms with E-state index in [0.29, 0.717) is 25.8 Å². The summed E-state index contributed by atoms with van der Waals surface area (Å²) in [6, 6.07) is -5.52. The lowest BCUT2D eigenvalue weighted by molar-refractivity contribution is -0.144. The number of hydrogen-bond acceptors (Lipinski definition) is 10. The normalized spacial score (nSPS) is 18.8. The van der Waals surface area contributed by atoms with Crippen LogP contribution in [0.5, 0.6) is 0 Å². The number of aliphatic hydroxyl groups excluding tert-OH is 2. The Balaban J connectivity index is 2.79. The molecule has 0 unspecified atom stereocenters. The van der Waals surface area contributed by atoms with Gasteiger partial charge in [0.2, 0.25) is 29.5 Å². The largest absolute Gasteiger partial charge is 0.480 e. The molecule has 1 rings (SSSR count). The van der Waals surface area contributed by atoms with Crippen molar-refractivity contribution in [3.63, 3.8) is 0 Å². The molecule has 1 heterocycles. The Labute approximate surface area is 232 Å². The zero-order chi connectivity index (χ0) is 30.6. The van der Waals surface area contributed by atoms with Crippen LogP contribution in [0.1, 0.15) is 46.5 Å². The Bertz CT molecular complexity index is 915. The Morgan fingerprint density at radius 2 is 1.65 bits per heavy atom. The Kier molecular flexibility index (Phi) is 14.5. The lowest BCUT2D eigenvalue weighted by Gasteiger charge is -2.27. The predicted molar refractivity (Wildman–Crippen MR) is 141 cm³/mol. The van der Waals surface area contributed by atoms with Crippen molar-refractivity contribution < 1.29 is 44.1 Å². The van der Waals surface area contributed by atoms with E-state index in [2.05, 4.69) is 21.3 Å². The number of carboxylic acids is 1. The van der Waals surface area contributed by atoms with Gasteiger partial charge in [-0.3, -0.25) is 24.0 Å². The average molecular weight is 574 g/mol. The van der Waals surface area contributed by atoms with Crippen LogP contribution < -0.4 is 32.7 Å². The summed E-state index contributed by atoms with van der Waals surface area (Å²) in [6.07, 6.45) is -0.334. The van der Waals surface area contributed by atoms with Crippen LogP contribution in [0.2, 0.25) is 0 Å². The molecule has 5 amide bonds. The number of aliphatic carboxylic acids is 1. The first kappa shape index (κ1) is 34.7. The minimum absolute atomic E-state index is 0.121. The molecular formula is C24H43N7O9. The number of carboxylic acid groups (broad SMARTS) is 1. The van der Waals surface area contributed by atoms with Gasteiger partial charge in [0.05, 0.1) is 25.7 Å². The molecule has 16 heteroatoms. The molecule has 0 bridgehead atoms. The van der Waals surface area contributed by atoms with Crippen LogP contribution >= 0.6 is 0 Å². The highest BCUT2D eigenvalue weighted by molar-refractivity contribution is 5.93. The van der Waals surface area contributed by atoms with Crippen LogP contribution in [0.15, 0.2) is 0 Å². The molecule has 11 N–H and O–H groups in total. The van der Waals surface area contributed by atoms with Gasteiger partial charge >= 0.3 is 5.97 Å². The number of nitrogens with zero attached hydrogens (tertiary/aromatic N) is 1. The van der Waals surface area contributed by atoms with Crippen LogP contribution in [0, 0.1) is 5.92 Å². The molecule has 1 aliphatic heterocycles. The van der Waals surface area contributed by atoms with Gasteiger partial charge in [-0.1, -0.05) is 13.8 Å². The molecule has 1 fully saturated rings. The third-order valence-corrected chi connectivity index (χ3v) is 6.30. The number of carbonyl (C=O) groups is 6. The zero-order valence-corrected chi connectivity index (χ0v) is 23.1. The molecule has 0 aromatic rings. The fourth-order valence-corrected chi connectivity index (χ4v) is 4.21. The monoisotopic (exact) mass is 573 g/mol. The second-order valence-electron chi connectivity index (χ2n) is 10.3. The highest BCUT2D eigenvalue weighted by atomic mass is 16.4. The molecule has 0 aromatic heterocycles. The van der Waals surface area contributed by atoms with Crippen molar-refractivity contribution in [3.8, 4) is 0 Å². The van der Waals surface area contributed by atoms with Gasteiger partial charge < -0.3 is 53.0 Å². The molecule has 40 heavy (non-hydrogen) atoms. The van der Waals surface area contributed by atoms with E-state index in [-0.39, 0.29) is 19.0 Å². The first-order valence-electron chi connectivity index (χ1n) is 13.1. The summed E-state index contributed by atoms with van der Waals surface area (Å²) >= 11 is 0. The highest BCUT2D eigenvalue weighted by Gasteiger charge is 2.35. The van der Waals surface area contributed by atoms with Gasteiger partial charge in [0.1, 0.15) is 24.2 Å². The minimum atomic E-state index is -1.48. The van der Waals surface area contributed by atoms with Gasteiger partial charge in [-0.15, -0.1) is 0 Å². The molecule has 1 saturated heterocycles. The van der Waals surface area contributed by atoms with Crippen molar-refractivity contribution in [2.24, 2.45) is 17.4 Å². The lowest BCUT2D eigenvalue weighted by Crippen LogP contribution is -2.57. The first-order valence-corrected chi connectivity index (χ1v) is 13.1. The molecular weight excluding hydrogens is 530 g/mol. The number of carbonyl (C=O) groups excluding carboxylic acids is 5. The van der Waals surface area contributed by atoms with E-state index in [0.717, 1.165) is 0 Å². The Morgan fingerprint density at radius 1 is 1.00 bits per heavy atom. The van der Waals surface area contributed by atoms with Gasteiger partial charge in [0.15, 0.2) is 0 Å². The van der Waals surface area contributed by atoms with Crippen LogP contribution in [-0.4, -0.2) is 118 Å². The fraction of sp³-hybridized carbons (Fsp3) is 0.750. The van der Waals surface area contributed by atoms with Crippen LogP contribution in [0.3, 0.4) is 0 Å². The Morgan fingerprint density at radius 3 is 2.17 bits per heavy atom. The van der Waals surface area contributed by atoms with Crippen LogP contribution in [0.25, 0.3) is 0 Å². The van der Waals surface area contributed by atoms with Gasteiger partial charge in [-0.2, -0.15) is 0 Å². The SMILES string of the molecule is CC(C)C[C@@H](CNCC(=O)N1CCC[C@H]1C(=O)N[C@@H](CO)C(=O)O)NC(=O)[C@H](CC(N)=O)NC(=O)[C@@H](N)[C@@H](C)O. The number of rotatable bonds is 17. The number of nitrogens with two attached hydrogens (primary N) is 2. The maximum absolute atomic E-state index is 12.9. The summed E-state index contributed by atoms with van der Waals surface area (Å²) < 4.78 is 0. The topological polar surface area (TPSA) is 267 Å². The summed E-state index contributed by atoms with van der Waals surface area (Å²) in [4.78, 5) is 74.5.